The molecule has 0 unspecified atom stereocenters. The summed E-state index contributed by atoms with van der Waals surface area (Å²) in [5.41, 5.74) is 0.683. The van der Waals surface area contributed by atoms with Crippen LogP contribution in [-0.4, -0.2) is 70.8 Å². The fourth-order valence-electron chi connectivity index (χ4n) is 4.12. The van der Waals surface area contributed by atoms with Crippen LogP contribution in [0.5, 0.6) is 0 Å². The van der Waals surface area contributed by atoms with Crippen LogP contribution in [0.15, 0.2) is 24.4 Å². The maximum Gasteiger partial charge on any atom is 0.237 e. The van der Waals surface area contributed by atoms with E-state index in [1.165, 1.54) is 0 Å². The fourth-order valence-corrected chi connectivity index (χ4v) is 4.12. The van der Waals surface area contributed by atoms with Crippen LogP contribution in [0.25, 0.3) is 0 Å². The van der Waals surface area contributed by atoms with Crippen molar-refractivity contribution in [2.24, 2.45) is 0 Å². The minimum Gasteiger partial charge on any atom is -0.393 e. The van der Waals surface area contributed by atoms with Crippen molar-refractivity contribution in [2.75, 3.05) is 27.2 Å². The molecule has 1 saturated heterocycles. The fraction of sp³-hybridized carbons (Fsp3) is 0.667. The van der Waals surface area contributed by atoms with Crippen LogP contribution in [0.1, 0.15) is 31.4 Å². The molecule has 3 rings (SSSR count). The van der Waals surface area contributed by atoms with Gasteiger partial charge >= 0.3 is 0 Å². The van der Waals surface area contributed by atoms with E-state index in [0.29, 0.717) is 26.1 Å². The van der Waals surface area contributed by atoms with Gasteiger partial charge in [-0.1, -0.05) is 6.07 Å². The van der Waals surface area contributed by atoms with Crippen molar-refractivity contribution in [1.82, 2.24) is 14.8 Å². The average Bonchev–Trinajstić information content (AvgIpc) is 2.95. The number of carbonyl (C=O) groups excluding carboxylic acids is 1. The zero-order chi connectivity index (χ0) is 17.2. The first-order valence-corrected chi connectivity index (χ1v) is 8.65. The number of aromatic nitrogens is 1. The van der Waals surface area contributed by atoms with E-state index in [2.05, 4.69) is 4.98 Å². The largest absolute Gasteiger partial charge is 0.393 e. The lowest BCUT2D eigenvalue weighted by Crippen LogP contribution is -2.54. The zero-order valence-corrected chi connectivity index (χ0v) is 14.5. The SMILES string of the molecule is CO[C@@]12CC[C@@H](O)C[C@@H]1N(C(=O)CN(C)Cc1ccccn1)CC2. The van der Waals surface area contributed by atoms with E-state index in [1.807, 2.05) is 35.0 Å². The summed E-state index contributed by atoms with van der Waals surface area (Å²) in [5, 5.41) is 10.0. The molecule has 1 saturated carbocycles. The lowest BCUT2D eigenvalue weighted by Gasteiger charge is -2.42. The van der Waals surface area contributed by atoms with Crippen molar-refractivity contribution in [2.45, 2.75) is 50.0 Å². The molecule has 0 aromatic carbocycles. The van der Waals surface area contributed by atoms with Gasteiger partial charge in [0.15, 0.2) is 0 Å². The molecule has 1 aromatic heterocycles. The molecule has 1 amide bonds. The summed E-state index contributed by atoms with van der Waals surface area (Å²) in [6.07, 6.45) is 4.48. The molecule has 6 heteroatoms. The van der Waals surface area contributed by atoms with Crippen LogP contribution in [0.3, 0.4) is 0 Å². The Kier molecular flexibility index (Phi) is 5.18. The predicted octanol–water partition coefficient (Wildman–Crippen LogP) is 1.04. The Morgan fingerprint density at radius 3 is 3.04 bits per heavy atom. The molecule has 0 spiro atoms. The van der Waals surface area contributed by atoms with Crippen molar-refractivity contribution < 1.29 is 14.6 Å². The van der Waals surface area contributed by atoms with E-state index in [4.69, 9.17) is 4.74 Å². The number of rotatable bonds is 5. The molecule has 3 atom stereocenters. The second-order valence-electron chi connectivity index (χ2n) is 7.04. The molecule has 132 valence electrons. The number of ether oxygens (including phenoxy) is 1. The molecule has 1 aromatic rings. The number of nitrogens with zero attached hydrogens (tertiary/aromatic N) is 3. The summed E-state index contributed by atoms with van der Waals surface area (Å²) in [5.74, 6) is 0.103. The van der Waals surface area contributed by atoms with E-state index < -0.39 is 0 Å². The summed E-state index contributed by atoms with van der Waals surface area (Å²) in [6.45, 7) is 1.70. The first kappa shape index (κ1) is 17.3. The highest BCUT2D eigenvalue weighted by Crippen LogP contribution is 2.42. The number of likely N-dealkylation sites (N-methyl/N-ethyl adjacent to an activating group) is 1. The number of amides is 1. The second-order valence-corrected chi connectivity index (χ2v) is 7.04. The second kappa shape index (κ2) is 7.17. The number of aliphatic hydroxyl groups is 1. The molecule has 6 nitrogen and oxygen atoms in total. The van der Waals surface area contributed by atoms with Crippen molar-refractivity contribution in [3.63, 3.8) is 0 Å². The minimum atomic E-state index is -0.335. The van der Waals surface area contributed by atoms with Gasteiger partial charge in [0.25, 0.3) is 0 Å². The lowest BCUT2D eigenvalue weighted by molar-refractivity contribution is -0.140. The Morgan fingerprint density at radius 2 is 2.33 bits per heavy atom. The number of fused-ring (bicyclic) bond motifs is 1. The molecule has 1 aliphatic heterocycles. The summed E-state index contributed by atoms with van der Waals surface area (Å²) >= 11 is 0. The number of likely N-dealkylation sites (tertiary alicyclic amines) is 1. The highest BCUT2D eigenvalue weighted by molar-refractivity contribution is 5.79. The highest BCUT2D eigenvalue weighted by atomic mass is 16.5. The van der Waals surface area contributed by atoms with Crippen molar-refractivity contribution >= 4 is 5.91 Å². The minimum absolute atomic E-state index is 0.0120. The number of methoxy groups -OCH3 is 1. The van der Waals surface area contributed by atoms with Gasteiger partial charge in [-0.15, -0.1) is 0 Å². The van der Waals surface area contributed by atoms with E-state index in [9.17, 15) is 9.90 Å². The van der Waals surface area contributed by atoms with E-state index in [-0.39, 0.29) is 23.7 Å². The van der Waals surface area contributed by atoms with Crippen molar-refractivity contribution in [3.8, 4) is 0 Å². The van der Waals surface area contributed by atoms with E-state index in [1.54, 1.807) is 13.3 Å². The van der Waals surface area contributed by atoms with E-state index in [0.717, 1.165) is 25.0 Å². The van der Waals surface area contributed by atoms with Crippen LogP contribution < -0.4 is 0 Å². The number of pyridine rings is 1. The van der Waals surface area contributed by atoms with Gasteiger partial charge < -0.3 is 14.7 Å². The van der Waals surface area contributed by atoms with Crippen LogP contribution >= 0.6 is 0 Å². The van der Waals surface area contributed by atoms with Gasteiger partial charge in [-0.3, -0.25) is 14.7 Å². The first-order valence-electron chi connectivity index (χ1n) is 8.65. The lowest BCUT2D eigenvalue weighted by atomic mass is 9.79. The van der Waals surface area contributed by atoms with Gasteiger partial charge in [0.2, 0.25) is 5.91 Å². The Hall–Kier alpha value is -1.50. The maximum absolute atomic E-state index is 12.8. The zero-order valence-electron chi connectivity index (χ0n) is 14.5. The van der Waals surface area contributed by atoms with Gasteiger partial charge in [-0.25, -0.2) is 0 Å². The first-order chi connectivity index (χ1) is 11.5. The Morgan fingerprint density at radius 1 is 1.50 bits per heavy atom. The Bertz CT molecular complexity index is 568. The van der Waals surface area contributed by atoms with Crippen molar-refractivity contribution in [1.29, 1.82) is 0 Å². The topological polar surface area (TPSA) is 65.9 Å². The molecule has 0 radical (unpaired) electrons. The monoisotopic (exact) mass is 333 g/mol. The van der Waals surface area contributed by atoms with Crippen LogP contribution in [0.2, 0.25) is 0 Å². The normalized spacial score (nSPS) is 29.8. The Balaban J connectivity index is 1.62. The summed E-state index contributed by atoms with van der Waals surface area (Å²) < 4.78 is 5.80. The molecule has 24 heavy (non-hydrogen) atoms. The third-order valence-electron chi connectivity index (χ3n) is 5.45. The summed E-state index contributed by atoms with van der Waals surface area (Å²) in [7, 11) is 3.66. The number of carbonyl (C=O) groups is 1. The Labute approximate surface area is 143 Å². The predicted molar refractivity (Wildman–Crippen MR) is 90.3 cm³/mol. The van der Waals surface area contributed by atoms with Crippen LogP contribution in [0.4, 0.5) is 0 Å². The average molecular weight is 333 g/mol. The molecule has 1 aliphatic carbocycles. The molecule has 2 aliphatic rings. The smallest absolute Gasteiger partial charge is 0.237 e. The quantitative estimate of drug-likeness (QED) is 0.872. The summed E-state index contributed by atoms with van der Waals surface area (Å²) in [6, 6.07) is 5.79. The van der Waals surface area contributed by atoms with Gasteiger partial charge in [-0.05, 0) is 44.9 Å². The molecule has 2 heterocycles. The molecule has 2 fully saturated rings. The van der Waals surface area contributed by atoms with Gasteiger partial charge in [-0.2, -0.15) is 0 Å². The third-order valence-corrected chi connectivity index (χ3v) is 5.45. The maximum atomic E-state index is 12.8. The van der Waals surface area contributed by atoms with Crippen LogP contribution in [0, 0.1) is 0 Å². The molecule has 0 bridgehead atoms. The van der Waals surface area contributed by atoms with E-state index >= 15 is 0 Å². The summed E-state index contributed by atoms with van der Waals surface area (Å²) in [4.78, 5) is 21.0. The number of hydrogen-bond acceptors (Lipinski definition) is 5. The standard InChI is InChI=1S/C18H27N3O3/c1-20(12-14-5-3-4-9-19-14)13-17(23)21-10-8-18(24-2)7-6-15(22)11-16(18)21/h3-5,9,15-16,22H,6-8,10-13H2,1-2H3/t15-,16+,18-/m1/s1. The van der Waals surface area contributed by atoms with Crippen molar-refractivity contribution in [3.05, 3.63) is 30.1 Å². The van der Waals surface area contributed by atoms with Crippen LogP contribution in [-0.2, 0) is 16.1 Å². The van der Waals surface area contributed by atoms with Gasteiger partial charge in [0.1, 0.15) is 0 Å². The van der Waals surface area contributed by atoms with Gasteiger partial charge in [0, 0.05) is 26.4 Å². The highest BCUT2D eigenvalue weighted by Gasteiger charge is 2.52. The third kappa shape index (κ3) is 3.45. The number of aliphatic hydroxyl groups excluding tert-OH is 1. The molecular weight excluding hydrogens is 306 g/mol. The number of hydrogen-bond donors (Lipinski definition) is 1. The molecule has 1 N–H and O–H groups in total. The molecular formula is C18H27N3O3. The van der Waals surface area contributed by atoms with Gasteiger partial charge in [0.05, 0.1) is 30.0 Å².